The highest BCUT2D eigenvalue weighted by Crippen LogP contribution is 2.36. The number of aliphatic carboxylic acids is 1. The molecule has 1 aliphatic rings. The lowest BCUT2D eigenvalue weighted by molar-refractivity contribution is -0.192. The van der Waals surface area contributed by atoms with Crippen molar-refractivity contribution < 1.29 is 41.0 Å². The van der Waals surface area contributed by atoms with E-state index in [0.717, 1.165) is 38.2 Å². The third-order valence-corrected chi connectivity index (χ3v) is 5.61. The Morgan fingerprint density at radius 1 is 1.19 bits per heavy atom. The second-order valence-corrected chi connectivity index (χ2v) is 8.49. The predicted octanol–water partition coefficient (Wildman–Crippen LogP) is 3.65. The van der Waals surface area contributed by atoms with Gasteiger partial charge < -0.3 is 20.1 Å². The molecule has 2 atom stereocenters. The van der Waals surface area contributed by atoms with E-state index in [1.165, 1.54) is 24.8 Å². The minimum Gasteiger partial charge on any atom is -0.496 e. The largest absolute Gasteiger partial charge is 0.496 e. The van der Waals surface area contributed by atoms with Gasteiger partial charge in [-0.3, -0.25) is 9.36 Å². The van der Waals surface area contributed by atoms with Crippen molar-refractivity contribution in [1.29, 1.82) is 0 Å². The van der Waals surface area contributed by atoms with Crippen molar-refractivity contribution in [3.63, 3.8) is 0 Å². The number of nitrogens with zero attached hydrogens (tertiary/aromatic N) is 4. The fourth-order valence-electron chi connectivity index (χ4n) is 3.86. The number of alkyl halides is 6. The summed E-state index contributed by atoms with van der Waals surface area (Å²) in [4.78, 5) is 24.1. The number of carbonyl (C=O) groups is 1. The van der Waals surface area contributed by atoms with Crippen molar-refractivity contribution in [3.8, 4) is 17.1 Å². The summed E-state index contributed by atoms with van der Waals surface area (Å²) in [5.41, 5.74) is -0.984. The molecule has 2 N–H and O–H groups in total. The number of ether oxygens (including phenoxy) is 1. The Balaban J connectivity index is 0.000000604. The standard InChI is InChI=1S/C20H26F3N5O2.C2HF3O2/c1-5-28-10-12(2)8-14(11-28)24-17-19(29)27(3)18(26-25-17)15-7-6-13(20(21,22)23)9-16(15)30-4;3-2(4,5)1(6)7/h6-7,9,12,14H,5,8,10-11H2,1-4H3,(H,24,25);(H,6,7)/t12-,14-;/m1./s1. The van der Waals surface area contributed by atoms with Crippen LogP contribution in [-0.2, 0) is 18.0 Å². The van der Waals surface area contributed by atoms with Crippen LogP contribution >= 0.6 is 0 Å². The molecule has 0 saturated carbocycles. The molecular formula is C22H27F6N5O4. The molecule has 206 valence electrons. The van der Waals surface area contributed by atoms with E-state index in [1.807, 2.05) is 0 Å². The Bertz CT molecular complexity index is 1150. The molecule has 2 aromatic rings. The summed E-state index contributed by atoms with van der Waals surface area (Å²) in [5, 5.41) is 18.5. The number of methoxy groups -OCH3 is 1. The van der Waals surface area contributed by atoms with Gasteiger partial charge in [-0.2, -0.15) is 26.3 Å². The van der Waals surface area contributed by atoms with Crippen LogP contribution in [0.4, 0.5) is 32.2 Å². The first-order valence-electron chi connectivity index (χ1n) is 11.1. The minimum atomic E-state index is -5.08. The number of rotatable bonds is 5. The highest BCUT2D eigenvalue weighted by atomic mass is 19.4. The van der Waals surface area contributed by atoms with Crippen molar-refractivity contribution in [2.24, 2.45) is 13.0 Å². The molecule has 3 rings (SSSR count). The zero-order valence-electron chi connectivity index (χ0n) is 20.4. The maximum absolute atomic E-state index is 13.0. The molecule has 1 aliphatic heterocycles. The van der Waals surface area contributed by atoms with Crippen LogP contribution in [0.25, 0.3) is 11.4 Å². The molecule has 1 aromatic heterocycles. The molecule has 9 nitrogen and oxygen atoms in total. The fraction of sp³-hybridized carbons (Fsp3) is 0.545. The van der Waals surface area contributed by atoms with Crippen LogP contribution in [0.15, 0.2) is 23.0 Å². The number of likely N-dealkylation sites (tertiary alicyclic amines) is 1. The molecule has 1 fully saturated rings. The quantitative estimate of drug-likeness (QED) is 0.555. The van der Waals surface area contributed by atoms with Gasteiger partial charge in [0.25, 0.3) is 5.56 Å². The highest BCUT2D eigenvalue weighted by Gasteiger charge is 2.38. The first-order chi connectivity index (χ1) is 17.1. The monoisotopic (exact) mass is 539 g/mol. The van der Waals surface area contributed by atoms with Gasteiger partial charge in [0.15, 0.2) is 5.82 Å². The summed E-state index contributed by atoms with van der Waals surface area (Å²) >= 11 is 0. The summed E-state index contributed by atoms with van der Waals surface area (Å²) in [6, 6.07) is 3.12. The number of piperidine rings is 1. The third kappa shape index (κ3) is 7.81. The normalized spacial score (nSPS) is 18.5. The number of nitrogens with one attached hydrogen (secondary N) is 1. The van der Waals surface area contributed by atoms with Gasteiger partial charge >= 0.3 is 18.3 Å². The third-order valence-electron chi connectivity index (χ3n) is 5.61. The molecule has 2 heterocycles. The maximum atomic E-state index is 13.0. The summed E-state index contributed by atoms with van der Waals surface area (Å²) in [7, 11) is 2.78. The van der Waals surface area contributed by atoms with Crippen LogP contribution in [0.1, 0.15) is 25.8 Å². The van der Waals surface area contributed by atoms with Crippen LogP contribution in [-0.4, -0.2) is 69.7 Å². The summed E-state index contributed by atoms with van der Waals surface area (Å²) in [6.45, 7) is 7.02. The highest BCUT2D eigenvalue weighted by molar-refractivity contribution is 5.73. The van der Waals surface area contributed by atoms with Crippen LogP contribution < -0.4 is 15.6 Å². The number of likely N-dealkylation sites (N-methyl/N-ethyl adjacent to an activating group) is 1. The molecule has 0 spiro atoms. The van der Waals surface area contributed by atoms with E-state index in [1.54, 1.807) is 0 Å². The average molecular weight is 539 g/mol. The average Bonchev–Trinajstić information content (AvgIpc) is 2.80. The van der Waals surface area contributed by atoms with Gasteiger partial charge in [0.2, 0.25) is 5.82 Å². The van der Waals surface area contributed by atoms with E-state index < -0.39 is 29.4 Å². The Labute approximate surface area is 208 Å². The molecule has 37 heavy (non-hydrogen) atoms. The van der Waals surface area contributed by atoms with Gasteiger partial charge in [0, 0.05) is 26.2 Å². The van der Waals surface area contributed by atoms with Crippen LogP contribution in [0, 0.1) is 5.92 Å². The number of hydrogen-bond donors (Lipinski definition) is 2. The zero-order valence-corrected chi connectivity index (χ0v) is 20.4. The minimum absolute atomic E-state index is 0.0328. The number of benzene rings is 1. The van der Waals surface area contributed by atoms with Gasteiger partial charge in [-0.25, -0.2) is 4.79 Å². The number of carboxylic acids is 1. The molecule has 0 unspecified atom stereocenters. The lowest BCUT2D eigenvalue weighted by Crippen LogP contribution is -2.46. The molecule has 0 amide bonds. The van der Waals surface area contributed by atoms with E-state index in [9.17, 15) is 31.1 Å². The second-order valence-electron chi connectivity index (χ2n) is 8.49. The number of carboxylic acid groups (broad SMARTS) is 1. The Morgan fingerprint density at radius 2 is 1.81 bits per heavy atom. The lowest BCUT2D eigenvalue weighted by atomic mass is 9.96. The smallest absolute Gasteiger partial charge is 0.490 e. The van der Waals surface area contributed by atoms with Crippen LogP contribution in [0.2, 0.25) is 0 Å². The molecule has 0 radical (unpaired) electrons. The van der Waals surface area contributed by atoms with Gasteiger partial charge in [-0.15, -0.1) is 10.2 Å². The zero-order chi connectivity index (χ0) is 28.1. The van der Waals surface area contributed by atoms with Crippen molar-refractivity contribution in [1.82, 2.24) is 19.7 Å². The number of hydrogen-bond acceptors (Lipinski definition) is 7. The summed E-state index contributed by atoms with van der Waals surface area (Å²) in [5.74, 6) is -2.05. The number of halogens is 6. The number of anilines is 1. The van der Waals surface area contributed by atoms with Gasteiger partial charge in [-0.05, 0) is 37.1 Å². The van der Waals surface area contributed by atoms with Crippen LogP contribution in [0.3, 0.4) is 0 Å². The first-order valence-corrected chi connectivity index (χ1v) is 11.1. The van der Waals surface area contributed by atoms with E-state index >= 15 is 0 Å². The number of aromatic nitrogens is 3. The van der Waals surface area contributed by atoms with E-state index in [4.69, 9.17) is 14.6 Å². The van der Waals surface area contributed by atoms with E-state index in [2.05, 4.69) is 34.3 Å². The Morgan fingerprint density at radius 3 is 2.32 bits per heavy atom. The van der Waals surface area contributed by atoms with Gasteiger partial charge in [0.1, 0.15) is 5.75 Å². The van der Waals surface area contributed by atoms with Crippen molar-refractivity contribution in [2.75, 3.05) is 32.1 Å². The molecule has 0 aliphatic carbocycles. The molecule has 0 bridgehead atoms. The molecule has 15 heteroatoms. The van der Waals surface area contributed by atoms with Gasteiger partial charge in [0.05, 0.1) is 18.2 Å². The molecule has 1 saturated heterocycles. The van der Waals surface area contributed by atoms with Crippen molar-refractivity contribution >= 4 is 11.8 Å². The van der Waals surface area contributed by atoms with E-state index in [0.29, 0.717) is 5.92 Å². The lowest BCUT2D eigenvalue weighted by Gasteiger charge is -2.36. The molecule has 1 aromatic carbocycles. The van der Waals surface area contributed by atoms with E-state index in [-0.39, 0.29) is 29.0 Å². The van der Waals surface area contributed by atoms with Crippen molar-refractivity contribution in [3.05, 3.63) is 34.1 Å². The van der Waals surface area contributed by atoms with Gasteiger partial charge in [-0.1, -0.05) is 13.8 Å². The first kappa shape index (κ1) is 29.9. The fourth-order valence-corrected chi connectivity index (χ4v) is 3.86. The summed E-state index contributed by atoms with van der Waals surface area (Å²) < 4.78 is 77.1. The molecular weight excluding hydrogens is 512 g/mol. The van der Waals surface area contributed by atoms with Crippen molar-refractivity contribution in [2.45, 2.75) is 38.7 Å². The maximum Gasteiger partial charge on any atom is 0.490 e. The Hall–Kier alpha value is -3.36. The topological polar surface area (TPSA) is 110 Å². The second kappa shape index (κ2) is 11.8. The van der Waals surface area contributed by atoms with Crippen LogP contribution in [0.5, 0.6) is 5.75 Å². The predicted molar refractivity (Wildman–Crippen MR) is 121 cm³/mol. The summed E-state index contributed by atoms with van der Waals surface area (Å²) in [6.07, 6.45) is -8.67. The SMILES string of the molecule is CCN1C[C@H](C)C[C@@H](Nc2nnc(-c3ccc(C(F)(F)F)cc3OC)n(C)c2=O)C1.O=C(O)C(F)(F)F. The Kier molecular flexibility index (Phi) is 9.52.